The van der Waals surface area contributed by atoms with Crippen LogP contribution in [-0.4, -0.2) is 12.6 Å². The van der Waals surface area contributed by atoms with Gasteiger partial charge in [0.25, 0.3) is 0 Å². The normalized spacial score (nSPS) is 10.1. The van der Waals surface area contributed by atoms with Crippen molar-refractivity contribution in [2.45, 2.75) is 13.5 Å². The molecule has 2 aromatic carbocycles. The van der Waals surface area contributed by atoms with E-state index in [0.29, 0.717) is 11.4 Å². The molecule has 0 saturated carbocycles. The van der Waals surface area contributed by atoms with Crippen LogP contribution in [0.15, 0.2) is 54.6 Å². The fourth-order valence-electron chi connectivity index (χ4n) is 1.71. The number of carbonyl (C=O) groups is 1. The van der Waals surface area contributed by atoms with Gasteiger partial charge in [-0.25, -0.2) is 4.79 Å². The Kier molecular flexibility index (Phi) is 5.15. The van der Waals surface area contributed by atoms with E-state index in [1.165, 1.54) is 5.56 Å². The molecule has 0 saturated heterocycles. The highest BCUT2D eigenvalue weighted by atomic mass is 16.6. The molecule has 0 heterocycles. The van der Waals surface area contributed by atoms with Gasteiger partial charge in [0.15, 0.2) is 0 Å². The van der Waals surface area contributed by atoms with Gasteiger partial charge in [-0.05, 0) is 36.4 Å². The first-order valence-electron chi connectivity index (χ1n) is 6.61. The molecule has 0 unspecified atom stereocenters. The predicted octanol–water partition coefficient (Wildman–Crippen LogP) is 3.41. The second kappa shape index (κ2) is 7.31. The lowest BCUT2D eigenvalue weighted by molar-refractivity contribution is 0.215. The smallest absolute Gasteiger partial charge is 0.410 e. The Hall–Kier alpha value is -2.33. The molecule has 0 spiro atoms. The number of amides is 1. The maximum atomic E-state index is 11.7. The van der Waals surface area contributed by atoms with Crippen molar-refractivity contribution < 1.29 is 9.53 Å². The van der Waals surface area contributed by atoms with Crippen molar-refractivity contribution in [2.24, 2.45) is 0 Å². The summed E-state index contributed by atoms with van der Waals surface area (Å²) < 4.78 is 5.15. The molecule has 104 valence electrons. The van der Waals surface area contributed by atoms with Crippen molar-refractivity contribution in [3.8, 4) is 5.75 Å². The Morgan fingerprint density at radius 2 is 1.75 bits per heavy atom. The highest BCUT2D eigenvalue weighted by Gasteiger charge is 2.04. The molecule has 2 aromatic rings. The first-order valence-corrected chi connectivity index (χ1v) is 6.61. The van der Waals surface area contributed by atoms with E-state index in [2.05, 4.69) is 17.6 Å². The van der Waals surface area contributed by atoms with Crippen LogP contribution in [0.4, 0.5) is 10.5 Å². The maximum absolute atomic E-state index is 11.7. The molecule has 2 rings (SSSR count). The molecular weight excluding hydrogens is 252 g/mol. The van der Waals surface area contributed by atoms with Crippen molar-refractivity contribution in [1.29, 1.82) is 0 Å². The molecule has 4 nitrogen and oxygen atoms in total. The monoisotopic (exact) mass is 270 g/mol. The van der Waals surface area contributed by atoms with Crippen molar-refractivity contribution in [3.05, 3.63) is 60.2 Å². The largest absolute Gasteiger partial charge is 0.417 e. The number of ether oxygens (including phenoxy) is 1. The van der Waals surface area contributed by atoms with Crippen molar-refractivity contribution >= 4 is 11.8 Å². The third-order valence-corrected chi connectivity index (χ3v) is 2.73. The summed E-state index contributed by atoms with van der Waals surface area (Å²) in [7, 11) is 0. The number of nitrogens with one attached hydrogen (secondary N) is 2. The summed E-state index contributed by atoms with van der Waals surface area (Å²) >= 11 is 0. The van der Waals surface area contributed by atoms with Crippen LogP contribution in [0.5, 0.6) is 5.75 Å². The van der Waals surface area contributed by atoms with E-state index in [0.717, 1.165) is 13.1 Å². The number of hydrogen-bond donors (Lipinski definition) is 2. The Morgan fingerprint density at radius 1 is 1.05 bits per heavy atom. The van der Waals surface area contributed by atoms with Crippen LogP contribution >= 0.6 is 0 Å². The second-order valence-electron chi connectivity index (χ2n) is 4.30. The minimum Gasteiger partial charge on any atom is -0.410 e. The van der Waals surface area contributed by atoms with E-state index in [4.69, 9.17) is 4.74 Å². The van der Waals surface area contributed by atoms with Crippen molar-refractivity contribution in [2.75, 3.05) is 11.9 Å². The molecule has 0 aliphatic heterocycles. The van der Waals surface area contributed by atoms with Gasteiger partial charge in [0.05, 0.1) is 0 Å². The van der Waals surface area contributed by atoms with Crippen molar-refractivity contribution in [1.82, 2.24) is 5.32 Å². The van der Waals surface area contributed by atoms with Gasteiger partial charge in [-0.15, -0.1) is 0 Å². The summed E-state index contributed by atoms with van der Waals surface area (Å²) in [5, 5.41) is 5.94. The quantitative estimate of drug-likeness (QED) is 0.875. The van der Waals surface area contributed by atoms with Crippen LogP contribution in [-0.2, 0) is 6.54 Å². The number of benzene rings is 2. The molecule has 20 heavy (non-hydrogen) atoms. The van der Waals surface area contributed by atoms with Crippen LogP contribution in [0, 0.1) is 0 Å². The zero-order chi connectivity index (χ0) is 14.2. The Labute approximate surface area is 118 Å². The molecule has 2 N–H and O–H groups in total. The first-order chi connectivity index (χ1) is 9.78. The van der Waals surface area contributed by atoms with Gasteiger partial charge in [-0.2, -0.15) is 0 Å². The van der Waals surface area contributed by atoms with Gasteiger partial charge in [0.2, 0.25) is 0 Å². The molecule has 0 atom stereocenters. The standard InChI is InChI=1S/C16H18N2O2/c1-2-17-12-13-8-10-14(11-9-13)18-16(19)20-15-6-4-3-5-7-15/h3-11,17H,2,12H2,1H3,(H,18,19). The third-order valence-electron chi connectivity index (χ3n) is 2.73. The average molecular weight is 270 g/mol. The molecule has 4 heteroatoms. The minimum absolute atomic E-state index is 0.490. The zero-order valence-corrected chi connectivity index (χ0v) is 11.4. The molecule has 0 fully saturated rings. The van der Waals surface area contributed by atoms with Gasteiger partial charge in [0.1, 0.15) is 5.75 Å². The highest BCUT2D eigenvalue weighted by Crippen LogP contribution is 2.12. The predicted molar refractivity (Wildman–Crippen MR) is 79.9 cm³/mol. The van der Waals surface area contributed by atoms with E-state index in [9.17, 15) is 4.79 Å². The van der Waals surface area contributed by atoms with Crippen molar-refractivity contribution in [3.63, 3.8) is 0 Å². The van der Waals surface area contributed by atoms with Crippen LogP contribution in [0.3, 0.4) is 0 Å². The van der Waals surface area contributed by atoms with Gasteiger partial charge >= 0.3 is 6.09 Å². The van der Waals surface area contributed by atoms with Gasteiger partial charge < -0.3 is 10.1 Å². The first kappa shape index (κ1) is 14.1. The highest BCUT2D eigenvalue weighted by molar-refractivity contribution is 5.86. The van der Waals surface area contributed by atoms with Crippen LogP contribution in [0.1, 0.15) is 12.5 Å². The third kappa shape index (κ3) is 4.40. The van der Waals surface area contributed by atoms with Crippen LogP contribution < -0.4 is 15.4 Å². The molecule has 1 amide bonds. The molecular formula is C16H18N2O2. The van der Waals surface area contributed by atoms with Gasteiger partial charge in [-0.1, -0.05) is 37.3 Å². The number of hydrogen-bond acceptors (Lipinski definition) is 3. The van der Waals surface area contributed by atoms with E-state index in [-0.39, 0.29) is 0 Å². The molecule has 0 aliphatic carbocycles. The molecule has 0 radical (unpaired) electrons. The topological polar surface area (TPSA) is 50.4 Å². The molecule has 0 aromatic heterocycles. The summed E-state index contributed by atoms with van der Waals surface area (Å²) in [6.07, 6.45) is -0.490. The average Bonchev–Trinajstić information content (AvgIpc) is 2.47. The second-order valence-corrected chi connectivity index (χ2v) is 4.30. The number of carbonyl (C=O) groups excluding carboxylic acids is 1. The van der Waals surface area contributed by atoms with Crippen LogP contribution in [0.25, 0.3) is 0 Å². The number of anilines is 1. The van der Waals surface area contributed by atoms with E-state index >= 15 is 0 Å². The summed E-state index contributed by atoms with van der Waals surface area (Å²) in [4.78, 5) is 11.7. The summed E-state index contributed by atoms with van der Waals surface area (Å²) in [5.41, 5.74) is 1.89. The lowest BCUT2D eigenvalue weighted by Gasteiger charge is -2.07. The van der Waals surface area contributed by atoms with E-state index in [1.807, 2.05) is 42.5 Å². The van der Waals surface area contributed by atoms with Gasteiger partial charge in [-0.3, -0.25) is 5.32 Å². The zero-order valence-electron chi connectivity index (χ0n) is 11.4. The Bertz CT molecular complexity index is 538. The number of para-hydroxylation sites is 1. The minimum atomic E-state index is -0.490. The summed E-state index contributed by atoms with van der Waals surface area (Å²) in [6.45, 7) is 3.82. The van der Waals surface area contributed by atoms with E-state index < -0.39 is 6.09 Å². The molecule has 0 bridgehead atoms. The Morgan fingerprint density at radius 3 is 2.40 bits per heavy atom. The van der Waals surface area contributed by atoms with Gasteiger partial charge in [0, 0.05) is 12.2 Å². The Balaban J connectivity index is 1.88. The lowest BCUT2D eigenvalue weighted by Crippen LogP contribution is -2.16. The maximum Gasteiger partial charge on any atom is 0.417 e. The SMILES string of the molecule is CCNCc1ccc(NC(=O)Oc2ccccc2)cc1. The fraction of sp³-hybridized carbons (Fsp3) is 0.188. The summed E-state index contributed by atoms with van der Waals surface area (Å²) in [5.74, 6) is 0.522. The lowest BCUT2D eigenvalue weighted by atomic mass is 10.2. The van der Waals surface area contributed by atoms with Crippen LogP contribution in [0.2, 0.25) is 0 Å². The fourth-order valence-corrected chi connectivity index (χ4v) is 1.71. The summed E-state index contributed by atoms with van der Waals surface area (Å²) in [6, 6.07) is 16.6. The number of rotatable bonds is 5. The molecule has 0 aliphatic rings. The van der Waals surface area contributed by atoms with E-state index in [1.54, 1.807) is 12.1 Å².